The highest BCUT2D eigenvalue weighted by Crippen LogP contribution is 2.29. The predicted molar refractivity (Wildman–Crippen MR) is 88.4 cm³/mol. The normalized spacial score (nSPS) is 12.0. The lowest BCUT2D eigenvalue weighted by atomic mass is 10.2. The molecule has 0 aliphatic rings. The Kier molecular flexibility index (Phi) is 5.02. The molecule has 1 unspecified atom stereocenters. The van der Waals surface area contributed by atoms with Crippen molar-refractivity contribution in [3.63, 3.8) is 0 Å². The fourth-order valence-electron chi connectivity index (χ4n) is 1.99. The summed E-state index contributed by atoms with van der Waals surface area (Å²) < 4.78 is 7.20. The second kappa shape index (κ2) is 6.62. The van der Waals surface area contributed by atoms with Crippen LogP contribution in [0.5, 0.6) is 0 Å². The van der Waals surface area contributed by atoms with Crippen LogP contribution < -0.4 is 5.32 Å². The number of nitrogens with zero attached hydrogens (tertiary/aromatic N) is 2. The average molecular weight is 386 g/mol. The Morgan fingerprint density at radius 3 is 2.68 bits per heavy atom. The molecular formula is C14H16BrN3O3S. The highest BCUT2D eigenvalue weighted by atomic mass is 79.9. The smallest absolute Gasteiger partial charge is 0.340 e. The molecule has 1 amide bonds. The van der Waals surface area contributed by atoms with E-state index in [1.165, 1.54) is 18.4 Å². The number of aryl methyl sites for hydroxylation is 1. The Morgan fingerprint density at radius 1 is 1.45 bits per heavy atom. The van der Waals surface area contributed by atoms with E-state index in [0.717, 1.165) is 15.0 Å². The Bertz CT molecular complexity index is 723. The third-order valence-corrected chi connectivity index (χ3v) is 4.97. The lowest BCUT2D eigenvalue weighted by Crippen LogP contribution is -2.25. The zero-order chi connectivity index (χ0) is 16.4. The summed E-state index contributed by atoms with van der Waals surface area (Å²) in [4.78, 5) is 25.1. The van der Waals surface area contributed by atoms with E-state index in [4.69, 9.17) is 4.74 Å². The maximum atomic E-state index is 12.4. The fourth-order valence-corrected chi connectivity index (χ4v) is 3.16. The molecule has 0 aromatic carbocycles. The van der Waals surface area contributed by atoms with Gasteiger partial charge in [0.25, 0.3) is 0 Å². The Hall–Kier alpha value is -1.67. The van der Waals surface area contributed by atoms with Gasteiger partial charge in [0.05, 0.1) is 29.0 Å². The van der Waals surface area contributed by atoms with Crippen LogP contribution in [0.1, 0.15) is 33.9 Å². The van der Waals surface area contributed by atoms with E-state index in [-0.39, 0.29) is 5.91 Å². The van der Waals surface area contributed by atoms with Gasteiger partial charge in [0.15, 0.2) is 0 Å². The topological polar surface area (TPSA) is 73.2 Å². The van der Waals surface area contributed by atoms with Crippen molar-refractivity contribution in [3.05, 3.63) is 32.9 Å². The van der Waals surface area contributed by atoms with Gasteiger partial charge in [-0.05, 0) is 42.8 Å². The Morgan fingerprint density at radius 2 is 2.14 bits per heavy atom. The zero-order valence-electron chi connectivity index (χ0n) is 12.6. The molecule has 0 aliphatic carbocycles. The molecule has 2 aromatic heterocycles. The highest BCUT2D eigenvalue weighted by Gasteiger charge is 2.22. The number of carbonyl (C=O) groups is 2. The molecular weight excluding hydrogens is 370 g/mol. The van der Waals surface area contributed by atoms with Crippen molar-refractivity contribution in [3.8, 4) is 0 Å². The molecule has 0 aliphatic heterocycles. The standard InChI is InChI=1S/C14H16BrN3O3S/c1-7-5-10(14(20)21-4)13(22-7)17-12(19)9(3)18-8(2)11(15)6-16-18/h5-6,9H,1-4H3,(H,17,19). The van der Waals surface area contributed by atoms with Gasteiger partial charge in [0.2, 0.25) is 5.91 Å². The summed E-state index contributed by atoms with van der Waals surface area (Å²) in [6.45, 7) is 5.49. The molecule has 6 nitrogen and oxygen atoms in total. The van der Waals surface area contributed by atoms with Gasteiger partial charge in [0.1, 0.15) is 11.0 Å². The second-order valence-corrected chi connectivity index (χ2v) is 6.89. The van der Waals surface area contributed by atoms with Gasteiger partial charge in [-0.25, -0.2) is 4.79 Å². The largest absolute Gasteiger partial charge is 0.465 e. The van der Waals surface area contributed by atoms with Crippen molar-refractivity contribution in [2.24, 2.45) is 0 Å². The highest BCUT2D eigenvalue weighted by molar-refractivity contribution is 9.10. The number of hydrogen-bond donors (Lipinski definition) is 1. The molecule has 2 aromatic rings. The van der Waals surface area contributed by atoms with E-state index in [1.54, 1.807) is 23.9 Å². The molecule has 8 heteroatoms. The molecule has 2 heterocycles. The summed E-state index contributed by atoms with van der Waals surface area (Å²) >= 11 is 4.71. The van der Waals surface area contributed by atoms with Crippen LogP contribution in [0.25, 0.3) is 0 Å². The van der Waals surface area contributed by atoms with Crippen molar-refractivity contribution in [1.29, 1.82) is 0 Å². The van der Waals surface area contributed by atoms with Crippen LogP contribution in [0.4, 0.5) is 5.00 Å². The van der Waals surface area contributed by atoms with Gasteiger partial charge in [0, 0.05) is 4.88 Å². The number of amides is 1. The number of ether oxygens (including phenoxy) is 1. The maximum absolute atomic E-state index is 12.4. The fraction of sp³-hybridized carbons (Fsp3) is 0.357. The molecule has 118 valence electrons. The van der Waals surface area contributed by atoms with Crippen LogP contribution in [0.3, 0.4) is 0 Å². The number of carbonyl (C=O) groups excluding carboxylic acids is 2. The van der Waals surface area contributed by atoms with E-state index in [0.29, 0.717) is 10.6 Å². The van der Waals surface area contributed by atoms with E-state index in [9.17, 15) is 9.59 Å². The number of aromatic nitrogens is 2. The SMILES string of the molecule is COC(=O)c1cc(C)sc1NC(=O)C(C)n1ncc(Br)c1C. The maximum Gasteiger partial charge on any atom is 0.340 e. The summed E-state index contributed by atoms with van der Waals surface area (Å²) in [7, 11) is 1.31. The Balaban J connectivity index is 2.22. The van der Waals surface area contributed by atoms with Crippen LogP contribution >= 0.6 is 27.3 Å². The number of anilines is 1. The Labute approximate surface area is 140 Å². The molecule has 2 rings (SSSR count). The molecule has 1 atom stereocenters. The first-order valence-electron chi connectivity index (χ1n) is 6.54. The van der Waals surface area contributed by atoms with Gasteiger partial charge in [-0.2, -0.15) is 5.10 Å². The summed E-state index contributed by atoms with van der Waals surface area (Å²) in [5, 5.41) is 7.45. The third kappa shape index (κ3) is 3.22. The molecule has 0 radical (unpaired) electrons. The van der Waals surface area contributed by atoms with Crippen LogP contribution in [0.2, 0.25) is 0 Å². The van der Waals surface area contributed by atoms with Gasteiger partial charge in [-0.15, -0.1) is 11.3 Å². The molecule has 0 fully saturated rings. The molecule has 1 N–H and O–H groups in total. The molecule has 0 spiro atoms. The lowest BCUT2D eigenvalue weighted by Gasteiger charge is -2.14. The first-order valence-corrected chi connectivity index (χ1v) is 8.15. The van der Waals surface area contributed by atoms with Crippen molar-refractivity contribution in [2.45, 2.75) is 26.8 Å². The lowest BCUT2D eigenvalue weighted by molar-refractivity contribution is -0.119. The minimum absolute atomic E-state index is 0.245. The molecule has 0 saturated heterocycles. The van der Waals surface area contributed by atoms with Crippen LogP contribution in [-0.2, 0) is 9.53 Å². The van der Waals surface area contributed by atoms with Crippen LogP contribution in [0.15, 0.2) is 16.7 Å². The van der Waals surface area contributed by atoms with Gasteiger partial charge >= 0.3 is 5.97 Å². The quantitative estimate of drug-likeness (QED) is 0.819. The molecule has 0 saturated carbocycles. The van der Waals surface area contributed by atoms with E-state index >= 15 is 0 Å². The van der Waals surface area contributed by atoms with E-state index in [2.05, 4.69) is 26.3 Å². The number of halogens is 1. The number of thiophene rings is 1. The third-order valence-electron chi connectivity index (χ3n) is 3.23. The minimum atomic E-state index is -0.501. The summed E-state index contributed by atoms with van der Waals surface area (Å²) in [5.41, 5.74) is 1.22. The second-order valence-electron chi connectivity index (χ2n) is 4.78. The van der Waals surface area contributed by atoms with Crippen molar-refractivity contribution >= 4 is 44.1 Å². The summed E-state index contributed by atoms with van der Waals surface area (Å²) in [5.74, 6) is -0.712. The summed E-state index contributed by atoms with van der Waals surface area (Å²) in [6, 6.07) is 1.20. The van der Waals surface area contributed by atoms with Gasteiger partial charge < -0.3 is 10.1 Å². The van der Waals surface area contributed by atoms with E-state index in [1.807, 2.05) is 13.8 Å². The van der Waals surface area contributed by atoms with Crippen LogP contribution in [-0.4, -0.2) is 28.8 Å². The average Bonchev–Trinajstić information content (AvgIpc) is 3.01. The number of esters is 1. The minimum Gasteiger partial charge on any atom is -0.465 e. The van der Waals surface area contributed by atoms with Crippen molar-refractivity contribution < 1.29 is 14.3 Å². The number of rotatable bonds is 4. The van der Waals surface area contributed by atoms with Crippen molar-refractivity contribution in [2.75, 3.05) is 12.4 Å². The first-order chi connectivity index (χ1) is 10.3. The molecule has 22 heavy (non-hydrogen) atoms. The van der Waals surface area contributed by atoms with E-state index < -0.39 is 12.0 Å². The number of nitrogens with one attached hydrogen (secondary N) is 1. The summed E-state index contributed by atoms with van der Waals surface area (Å²) in [6.07, 6.45) is 1.65. The zero-order valence-corrected chi connectivity index (χ0v) is 15.0. The van der Waals surface area contributed by atoms with Gasteiger partial charge in [-0.1, -0.05) is 0 Å². The van der Waals surface area contributed by atoms with Crippen LogP contribution in [0, 0.1) is 13.8 Å². The number of methoxy groups -OCH3 is 1. The molecule has 0 bridgehead atoms. The first kappa shape index (κ1) is 16.7. The predicted octanol–water partition coefficient (Wildman–Crippen LogP) is 3.31. The van der Waals surface area contributed by atoms with Gasteiger partial charge in [-0.3, -0.25) is 9.48 Å². The number of hydrogen-bond acceptors (Lipinski definition) is 5. The van der Waals surface area contributed by atoms with Crippen molar-refractivity contribution in [1.82, 2.24) is 9.78 Å². The monoisotopic (exact) mass is 385 g/mol.